The van der Waals surface area contributed by atoms with E-state index in [4.69, 9.17) is 28.6 Å². The zero-order valence-corrected chi connectivity index (χ0v) is 17.3. The highest BCUT2D eigenvalue weighted by atomic mass is 35.5. The fraction of sp³-hybridized carbons (Fsp3) is 0.333. The minimum absolute atomic E-state index is 0.224. The van der Waals surface area contributed by atoms with E-state index in [1.165, 1.54) is 19.3 Å². The van der Waals surface area contributed by atoms with Gasteiger partial charge in [-0.1, -0.05) is 43.9 Å². The predicted octanol–water partition coefficient (Wildman–Crippen LogP) is 5.73. The Morgan fingerprint density at radius 3 is 2.56 bits per heavy atom. The topological polar surface area (TPSA) is 50.4 Å². The highest BCUT2D eigenvalue weighted by Crippen LogP contribution is 2.20. The number of halogens is 1. The summed E-state index contributed by atoms with van der Waals surface area (Å²) in [6.07, 6.45) is 4.65. The first-order valence-electron chi connectivity index (χ1n) is 9.11. The molecule has 144 valence electrons. The number of benzene rings is 2. The van der Waals surface area contributed by atoms with Gasteiger partial charge in [0.2, 0.25) is 0 Å². The van der Waals surface area contributed by atoms with Gasteiger partial charge in [-0.15, -0.1) is 0 Å². The average molecular weight is 405 g/mol. The van der Waals surface area contributed by atoms with Crippen molar-refractivity contribution in [2.24, 2.45) is 0 Å². The van der Waals surface area contributed by atoms with Crippen molar-refractivity contribution < 1.29 is 9.53 Å². The van der Waals surface area contributed by atoms with Gasteiger partial charge in [-0.3, -0.25) is 10.1 Å². The van der Waals surface area contributed by atoms with Crippen LogP contribution in [0.4, 0.5) is 5.69 Å². The van der Waals surface area contributed by atoms with E-state index in [2.05, 4.69) is 17.6 Å². The molecule has 2 aromatic rings. The molecule has 0 radical (unpaired) electrons. The number of unbranched alkanes of at least 4 members (excludes halogenated alkanes) is 3. The molecule has 4 nitrogen and oxygen atoms in total. The lowest BCUT2D eigenvalue weighted by molar-refractivity contribution is 0.0977. The lowest BCUT2D eigenvalue weighted by atomic mass is 10.2. The van der Waals surface area contributed by atoms with Gasteiger partial charge in [0.25, 0.3) is 5.91 Å². The Hall–Kier alpha value is -2.11. The van der Waals surface area contributed by atoms with E-state index in [-0.39, 0.29) is 11.0 Å². The van der Waals surface area contributed by atoms with Crippen molar-refractivity contribution >= 4 is 40.5 Å². The second kappa shape index (κ2) is 10.9. The zero-order chi connectivity index (χ0) is 19.6. The van der Waals surface area contributed by atoms with Crippen LogP contribution in [0.1, 0.15) is 48.5 Å². The molecule has 0 spiro atoms. The van der Waals surface area contributed by atoms with Gasteiger partial charge in [-0.05, 0) is 67.5 Å². The molecule has 0 fully saturated rings. The Kier molecular flexibility index (Phi) is 8.55. The summed E-state index contributed by atoms with van der Waals surface area (Å²) in [6, 6.07) is 12.5. The molecule has 0 heterocycles. The minimum atomic E-state index is -0.276. The second-order valence-electron chi connectivity index (χ2n) is 6.30. The molecule has 0 saturated carbocycles. The van der Waals surface area contributed by atoms with Gasteiger partial charge < -0.3 is 10.1 Å². The van der Waals surface area contributed by atoms with E-state index >= 15 is 0 Å². The number of amides is 1. The smallest absolute Gasteiger partial charge is 0.257 e. The molecule has 0 unspecified atom stereocenters. The van der Waals surface area contributed by atoms with Crippen LogP contribution in [-0.4, -0.2) is 17.6 Å². The van der Waals surface area contributed by atoms with E-state index in [0.717, 1.165) is 23.4 Å². The quantitative estimate of drug-likeness (QED) is 0.435. The Labute approximate surface area is 171 Å². The summed E-state index contributed by atoms with van der Waals surface area (Å²) >= 11 is 11.2. The van der Waals surface area contributed by atoms with Gasteiger partial charge in [0.1, 0.15) is 5.75 Å². The Morgan fingerprint density at radius 1 is 1.11 bits per heavy atom. The van der Waals surface area contributed by atoms with Crippen molar-refractivity contribution in [1.29, 1.82) is 0 Å². The SMILES string of the molecule is CCCCCCOc1ccc(C(=O)NC(=S)Nc2cc(Cl)ccc2C)cc1. The average Bonchev–Trinajstić information content (AvgIpc) is 2.65. The third kappa shape index (κ3) is 7.19. The van der Waals surface area contributed by atoms with Crippen LogP contribution in [0.15, 0.2) is 42.5 Å². The summed E-state index contributed by atoms with van der Waals surface area (Å²) in [6.45, 7) is 4.81. The maximum Gasteiger partial charge on any atom is 0.257 e. The lowest BCUT2D eigenvalue weighted by Crippen LogP contribution is -2.34. The van der Waals surface area contributed by atoms with Gasteiger partial charge >= 0.3 is 0 Å². The first-order chi connectivity index (χ1) is 13.0. The van der Waals surface area contributed by atoms with Gasteiger partial charge in [-0.2, -0.15) is 0 Å². The molecule has 2 aromatic carbocycles. The van der Waals surface area contributed by atoms with Gasteiger partial charge in [-0.25, -0.2) is 0 Å². The number of hydrogen-bond donors (Lipinski definition) is 2. The van der Waals surface area contributed by atoms with Crippen molar-refractivity contribution in [3.05, 3.63) is 58.6 Å². The summed E-state index contributed by atoms with van der Waals surface area (Å²) in [4.78, 5) is 12.3. The van der Waals surface area contributed by atoms with Crippen LogP contribution < -0.4 is 15.4 Å². The maximum absolute atomic E-state index is 12.3. The van der Waals surface area contributed by atoms with E-state index in [1.54, 1.807) is 36.4 Å². The molecule has 0 aliphatic heterocycles. The Balaban J connectivity index is 1.84. The van der Waals surface area contributed by atoms with Crippen LogP contribution in [-0.2, 0) is 0 Å². The third-order valence-electron chi connectivity index (χ3n) is 4.06. The predicted molar refractivity (Wildman–Crippen MR) is 116 cm³/mol. The third-order valence-corrected chi connectivity index (χ3v) is 4.50. The van der Waals surface area contributed by atoms with Crippen molar-refractivity contribution in [3.63, 3.8) is 0 Å². The van der Waals surface area contributed by atoms with Crippen LogP contribution in [0.25, 0.3) is 0 Å². The summed E-state index contributed by atoms with van der Waals surface area (Å²) in [7, 11) is 0. The molecule has 0 bridgehead atoms. The van der Waals surface area contributed by atoms with E-state index in [0.29, 0.717) is 17.2 Å². The molecule has 6 heteroatoms. The standard InChI is InChI=1S/C21H25ClN2O2S/c1-3-4-5-6-13-26-18-11-8-16(9-12-18)20(25)24-21(27)23-19-14-17(22)10-7-15(19)2/h7-12,14H,3-6,13H2,1-2H3,(H2,23,24,25,27). The Bertz CT molecular complexity index is 778. The highest BCUT2D eigenvalue weighted by molar-refractivity contribution is 7.80. The molecular weight excluding hydrogens is 380 g/mol. The summed E-state index contributed by atoms with van der Waals surface area (Å²) < 4.78 is 5.69. The number of aryl methyl sites for hydroxylation is 1. The van der Waals surface area contributed by atoms with Crippen LogP contribution in [0, 0.1) is 6.92 Å². The number of anilines is 1. The molecule has 2 N–H and O–H groups in total. The maximum atomic E-state index is 12.3. The molecule has 0 atom stereocenters. The van der Waals surface area contributed by atoms with E-state index in [9.17, 15) is 4.79 Å². The van der Waals surface area contributed by atoms with Gasteiger partial charge in [0.15, 0.2) is 5.11 Å². The van der Waals surface area contributed by atoms with E-state index in [1.807, 2.05) is 13.0 Å². The number of hydrogen-bond acceptors (Lipinski definition) is 3. The summed E-state index contributed by atoms with van der Waals surface area (Å²) in [5.74, 6) is 0.486. The van der Waals surface area contributed by atoms with Gasteiger partial charge in [0, 0.05) is 16.3 Å². The molecule has 27 heavy (non-hydrogen) atoms. The molecular formula is C21H25ClN2O2S. The van der Waals surface area contributed by atoms with Crippen molar-refractivity contribution in [1.82, 2.24) is 5.32 Å². The largest absolute Gasteiger partial charge is 0.494 e. The first kappa shape index (κ1) is 21.2. The molecule has 0 aliphatic carbocycles. The number of rotatable bonds is 8. The number of nitrogens with one attached hydrogen (secondary N) is 2. The molecule has 2 rings (SSSR count). The highest BCUT2D eigenvalue weighted by Gasteiger charge is 2.09. The summed E-state index contributed by atoms with van der Waals surface area (Å²) in [5.41, 5.74) is 2.26. The lowest BCUT2D eigenvalue weighted by Gasteiger charge is -2.12. The summed E-state index contributed by atoms with van der Waals surface area (Å²) in [5, 5.41) is 6.50. The molecule has 0 saturated heterocycles. The van der Waals surface area contributed by atoms with Crippen LogP contribution >= 0.6 is 23.8 Å². The minimum Gasteiger partial charge on any atom is -0.494 e. The molecule has 0 aliphatic rings. The first-order valence-corrected chi connectivity index (χ1v) is 9.89. The number of ether oxygens (including phenoxy) is 1. The van der Waals surface area contributed by atoms with Crippen molar-refractivity contribution in [3.8, 4) is 5.75 Å². The van der Waals surface area contributed by atoms with Crippen LogP contribution in [0.5, 0.6) is 5.75 Å². The van der Waals surface area contributed by atoms with Crippen LogP contribution in [0.3, 0.4) is 0 Å². The number of carbonyl (C=O) groups excluding carboxylic acids is 1. The molecule has 1 amide bonds. The number of carbonyl (C=O) groups is 1. The van der Waals surface area contributed by atoms with Crippen molar-refractivity contribution in [2.75, 3.05) is 11.9 Å². The van der Waals surface area contributed by atoms with E-state index < -0.39 is 0 Å². The van der Waals surface area contributed by atoms with Gasteiger partial charge in [0.05, 0.1) is 6.61 Å². The zero-order valence-electron chi connectivity index (χ0n) is 15.7. The normalized spacial score (nSPS) is 10.3. The fourth-order valence-corrected chi connectivity index (χ4v) is 2.85. The molecule has 0 aromatic heterocycles. The number of thiocarbonyl (C=S) groups is 1. The monoisotopic (exact) mass is 404 g/mol. The van der Waals surface area contributed by atoms with Crippen LogP contribution in [0.2, 0.25) is 5.02 Å². The Morgan fingerprint density at radius 2 is 1.85 bits per heavy atom. The second-order valence-corrected chi connectivity index (χ2v) is 7.15. The van der Waals surface area contributed by atoms with Crippen molar-refractivity contribution in [2.45, 2.75) is 39.5 Å². The fourth-order valence-electron chi connectivity index (χ4n) is 2.48.